The second-order valence-electron chi connectivity index (χ2n) is 5.34. The predicted octanol–water partition coefficient (Wildman–Crippen LogP) is 3.12. The molecule has 2 aromatic rings. The number of benzene rings is 1. The van der Waals surface area contributed by atoms with Gasteiger partial charge in [-0.2, -0.15) is 5.10 Å². The number of rotatable bonds is 5. The molecule has 4 heteroatoms. The number of hydrogen-bond acceptors (Lipinski definition) is 3. The lowest BCUT2D eigenvalue weighted by Gasteiger charge is -2.26. The third-order valence-corrected chi connectivity index (χ3v) is 3.64. The van der Waals surface area contributed by atoms with Crippen LogP contribution in [0.4, 0.5) is 0 Å². The van der Waals surface area contributed by atoms with Crippen LogP contribution >= 0.6 is 0 Å². The molecule has 0 aliphatic rings. The highest BCUT2D eigenvalue weighted by Crippen LogP contribution is 2.26. The van der Waals surface area contributed by atoms with Crippen LogP contribution in [0.25, 0.3) is 0 Å². The van der Waals surface area contributed by atoms with E-state index in [1.807, 2.05) is 18.5 Å². The molecule has 1 heterocycles. The minimum absolute atomic E-state index is 0.221. The molecular formula is C16H24N4. The molecule has 0 spiro atoms. The second kappa shape index (κ2) is 6.18. The zero-order chi connectivity index (χ0) is 14.7. The summed E-state index contributed by atoms with van der Waals surface area (Å²) in [5.74, 6) is 1.79. The van der Waals surface area contributed by atoms with Crippen LogP contribution < -0.4 is 5.32 Å². The first-order valence-electron chi connectivity index (χ1n) is 7.22. The average Bonchev–Trinajstić information content (AvgIpc) is 2.75. The summed E-state index contributed by atoms with van der Waals surface area (Å²) < 4.78 is 2.02. The average molecular weight is 272 g/mol. The molecule has 0 saturated heterocycles. The maximum Gasteiger partial charge on any atom is 0.147 e. The molecule has 1 aromatic heterocycles. The van der Waals surface area contributed by atoms with Crippen molar-refractivity contribution in [2.45, 2.75) is 46.7 Å². The molecule has 0 amide bonds. The lowest BCUT2D eigenvalue weighted by atomic mass is 9.99. The van der Waals surface area contributed by atoms with Gasteiger partial charge in [0.2, 0.25) is 0 Å². The minimum Gasteiger partial charge on any atom is -0.308 e. The fraction of sp³-hybridized carbons (Fsp3) is 0.500. The van der Waals surface area contributed by atoms with Gasteiger partial charge in [-0.15, -0.1) is 0 Å². The molecule has 0 radical (unpaired) electrons. The first-order valence-corrected chi connectivity index (χ1v) is 7.22. The summed E-state index contributed by atoms with van der Waals surface area (Å²) >= 11 is 0. The molecule has 0 fully saturated rings. The SMILES string of the molecule is CCNC(c1ccc(C)cc1)C(C)n1nc(C)nc1C. The van der Waals surface area contributed by atoms with Crippen LogP contribution in [0.2, 0.25) is 0 Å². The van der Waals surface area contributed by atoms with E-state index in [4.69, 9.17) is 0 Å². The van der Waals surface area contributed by atoms with E-state index in [0.29, 0.717) is 0 Å². The monoisotopic (exact) mass is 272 g/mol. The maximum absolute atomic E-state index is 4.52. The Labute approximate surface area is 121 Å². The highest BCUT2D eigenvalue weighted by Gasteiger charge is 2.22. The smallest absolute Gasteiger partial charge is 0.147 e. The summed E-state index contributed by atoms with van der Waals surface area (Å²) in [6.07, 6.45) is 0. The molecule has 2 unspecified atom stereocenters. The topological polar surface area (TPSA) is 42.7 Å². The third kappa shape index (κ3) is 3.07. The van der Waals surface area contributed by atoms with Gasteiger partial charge in [0, 0.05) is 0 Å². The van der Waals surface area contributed by atoms with Gasteiger partial charge < -0.3 is 5.32 Å². The van der Waals surface area contributed by atoms with Crippen molar-refractivity contribution in [1.82, 2.24) is 20.1 Å². The highest BCUT2D eigenvalue weighted by atomic mass is 15.4. The molecule has 1 N–H and O–H groups in total. The molecule has 108 valence electrons. The number of nitrogens with zero attached hydrogens (tertiary/aromatic N) is 3. The van der Waals surface area contributed by atoms with Crippen LogP contribution in [0.5, 0.6) is 0 Å². The Morgan fingerprint density at radius 1 is 1.15 bits per heavy atom. The Balaban J connectivity index is 2.32. The van der Waals surface area contributed by atoms with E-state index in [2.05, 4.69) is 60.4 Å². The van der Waals surface area contributed by atoms with E-state index >= 15 is 0 Å². The minimum atomic E-state index is 0.221. The number of aryl methyl sites for hydroxylation is 3. The van der Waals surface area contributed by atoms with E-state index in [-0.39, 0.29) is 12.1 Å². The van der Waals surface area contributed by atoms with Crippen LogP contribution in [-0.4, -0.2) is 21.3 Å². The van der Waals surface area contributed by atoms with E-state index in [9.17, 15) is 0 Å². The molecule has 0 bridgehead atoms. The van der Waals surface area contributed by atoms with Gasteiger partial charge in [-0.25, -0.2) is 9.67 Å². The van der Waals surface area contributed by atoms with Crippen molar-refractivity contribution in [2.75, 3.05) is 6.54 Å². The fourth-order valence-electron chi connectivity index (χ4n) is 2.62. The van der Waals surface area contributed by atoms with Crippen molar-refractivity contribution >= 4 is 0 Å². The molecule has 0 saturated carbocycles. The maximum atomic E-state index is 4.52. The number of nitrogens with one attached hydrogen (secondary N) is 1. The first-order chi connectivity index (χ1) is 9.52. The molecule has 2 rings (SSSR count). The van der Waals surface area contributed by atoms with E-state index < -0.39 is 0 Å². The number of aromatic nitrogens is 3. The fourth-order valence-corrected chi connectivity index (χ4v) is 2.62. The van der Waals surface area contributed by atoms with Crippen molar-refractivity contribution in [3.05, 3.63) is 47.0 Å². The highest BCUT2D eigenvalue weighted by molar-refractivity contribution is 5.25. The number of likely N-dealkylation sites (N-methyl/N-ethyl adjacent to an activating group) is 1. The van der Waals surface area contributed by atoms with E-state index in [0.717, 1.165) is 18.2 Å². The summed E-state index contributed by atoms with van der Waals surface area (Å²) in [5, 5.41) is 8.09. The summed E-state index contributed by atoms with van der Waals surface area (Å²) in [7, 11) is 0. The summed E-state index contributed by atoms with van der Waals surface area (Å²) in [6.45, 7) is 11.3. The van der Waals surface area contributed by atoms with Crippen molar-refractivity contribution in [3.63, 3.8) is 0 Å². The van der Waals surface area contributed by atoms with E-state index in [1.165, 1.54) is 11.1 Å². The van der Waals surface area contributed by atoms with Gasteiger partial charge in [0.05, 0.1) is 12.1 Å². The lowest BCUT2D eigenvalue weighted by molar-refractivity contribution is 0.352. The molecule has 2 atom stereocenters. The van der Waals surface area contributed by atoms with Crippen LogP contribution in [0.3, 0.4) is 0 Å². The standard InChI is InChI=1S/C16H24N4/c1-6-17-16(15-9-7-11(2)8-10-15)12(3)20-14(5)18-13(4)19-20/h7-10,12,16-17H,6H2,1-5H3. The zero-order valence-electron chi connectivity index (χ0n) is 13.0. The normalized spacial score (nSPS) is 14.2. The Morgan fingerprint density at radius 2 is 1.80 bits per heavy atom. The van der Waals surface area contributed by atoms with Crippen LogP contribution in [-0.2, 0) is 0 Å². The van der Waals surface area contributed by atoms with Gasteiger partial charge >= 0.3 is 0 Å². The van der Waals surface area contributed by atoms with Crippen LogP contribution in [0, 0.1) is 20.8 Å². The Hall–Kier alpha value is -1.68. The van der Waals surface area contributed by atoms with Crippen LogP contribution in [0.1, 0.15) is 48.7 Å². The first kappa shape index (κ1) is 14.7. The summed E-state index contributed by atoms with van der Waals surface area (Å²) in [4.78, 5) is 4.41. The lowest BCUT2D eigenvalue weighted by Crippen LogP contribution is -2.29. The number of hydrogen-bond donors (Lipinski definition) is 1. The second-order valence-corrected chi connectivity index (χ2v) is 5.34. The zero-order valence-corrected chi connectivity index (χ0v) is 13.0. The Kier molecular flexibility index (Phi) is 4.55. The van der Waals surface area contributed by atoms with Gasteiger partial charge in [-0.3, -0.25) is 0 Å². The van der Waals surface area contributed by atoms with Crippen molar-refractivity contribution in [2.24, 2.45) is 0 Å². The Bertz CT molecular complexity index is 556. The quantitative estimate of drug-likeness (QED) is 0.909. The predicted molar refractivity (Wildman–Crippen MR) is 81.8 cm³/mol. The van der Waals surface area contributed by atoms with Gasteiger partial charge in [-0.05, 0) is 39.8 Å². The van der Waals surface area contributed by atoms with Gasteiger partial charge in [-0.1, -0.05) is 36.8 Å². The molecule has 4 nitrogen and oxygen atoms in total. The van der Waals surface area contributed by atoms with E-state index in [1.54, 1.807) is 0 Å². The van der Waals surface area contributed by atoms with Crippen molar-refractivity contribution < 1.29 is 0 Å². The van der Waals surface area contributed by atoms with Crippen LogP contribution in [0.15, 0.2) is 24.3 Å². The molecule has 20 heavy (non-hydrogen) atoms. The molecule has 0 aliphatic heterocycles. The van der Waals surface area contributed by atoms with Gasteiger partial charge in [0.15, 0.2) is 0 Å². The van der Waals surface area contributed by atoms with Crippen molar-refractivity contribution in [3.8, 4) is 0 Å². The van der Waals surface area contributed by atoms with Gasteiger partial charge in [0.1, 0.15) is 11.6 Å². The molecule has 0 aliphatic carbocycles. The van der Waals surface area contributed by atoms with Crippen molar-refractivity contribution in [1.29, 1.82) is 0 Å². The third-order valence-electron chi connectivity index (χ3n) is 3.64. The van der Waals surface area contributed by atoms with Gasteiger partial charge in [0.25, 0.3) is 0 Å². The Morgan fingerprint density at radius 3 is 2.30 bits per heavy atom. The summed E-state index contributed by atoms with van der Waals surface area (Å²) in [6, 6.07) is 9.16. The summed E-state index contributed by atoms with van der Waals surface area (Å²) in [5.41, 5.74) is 2.57. The molecular weight excluding hydrogens is 248 g/mol. The largest absolute Gasteiger partial charge is 0.308 e. The molecule has 1 aromatic carbocycles.